The molecule has 1 atom stereocenters. The molecule has 0 N–H and O–H groups in total. The minimum absolute atomic E-state index is 0.146. The fourth-order valence-corrected chi connectivity index (χ4v) is 7.86. The van der Waals surface area contributed by atoms with Gasteiger partial charge in [-0.05, 0) is 47.4 Å². The summed E-state index contributed by atoms with van der Waals surface area (Å²) in [5.41, 5.74) is 12.7. The Bertz CT molecular complexity index is 2470. The Balaban J connectivity index is 1.11. The van der Waals surface area contributed by atoms with Crippen molar-refractivity contribution < 1.29 is 4.74 Å². The molecule has 52 heavy (non-hydrogen) atoms. The van der Waals surface area contributed by atoms with Crippen molar-refractivity contribution in [2.45, 2.75) is 25.2 Å². The number of ether oxygens (including phenoxy) is 1. The van der Waals surface area contributed by atoms with Crippen LogP contribution in [0.3, 0.4) is 0 Å². The van der Waals surface area contributed by atoms with Crippen LogP contribution >= 0.6 is 0 Å². The number of para-hydroxylation sites is 3. The van der Waals surface area contributed by atoms with E-state index in [-0.39, 0.29) is 5.92 Å². The Morgan fingerprint density at radius 1 is 0.558 bits per heavy atom. The minimum Gasteiger partial charge on any atom is -0.456 e. The van der Waals surface area contributed by atoms with Crippen LogP contribution in [0.4, 0.5) is 11.4 Å². The average molecular weight is 671 g/mol. The third kappa shape index (κ3) is 5.30. The minimum atomic E-state index is 0.146. The largest absolute Gasteiger partial charge is 0.456 e. The lowest BCUT2D eigenvalue weighted by molar-refractivity contribution is 0.451. The average Bonchev–Trinajstić information content (AvgIpc) is 3.22. The van der Waals surface area contributed by atoms with Gasteiger partial charge in [0.25, 0.3) is 0 Å². The molecule has 7 aromatic rings. The van der Waals surface area contributed by atoms with Crippen molar-refractivity contribution in [1.82, 2.24) is 15.0 Å². The Labute approximate surface area is 303 Å². The number of hydrogen-bond acceptors (Lipinski definition) is 5. The first-order chi connectivity index (χ1) is 25.8. The number of fused-ring (bicyclic) bond motifs is 4. The number of aromatic nitrogens is 3. The maximum atomic E-state index is 6.90. The van der Waals surface area contributed by atoms with E-state index in [1.165, 1.54) is 33.8 Å². The molecule has 2 aliphatic heterocycles. The van der Waals surface area contributed by atoms with Crippen molar-refractivity contribution in [2.75, 3.05) is 4.90 Å². The predicted octanol–water partition coefficient (Wildman–Crippen LogP) is 11.3. The van der Waals surface area contributed by atoms with E-state index in [0.29, 0.717) is 17.5 Å². The molecule has 1 aliphatic carbocycles. The van der Waals surface area contributed by atoms with Crippen molar-refractivity contribution in [3.05, 3.63) is 197 Å². The molecule has 0 fully saturated rings. The number of allylic oxidation sites excluding steroid dienone is 3. The van der Waals surface area contributed by atoms with Crippen molar-refractivity contribution in [1.29, 1.82) is 0 Å². The lowest BCUT2D eigenvalue weighted by Gasteiger charge is -2.38. The Hall–Kier alpha value is -6.59. The molecular formula is C47H34N4O. The molecule has 3 aliphatic rings. The third-order valence-electron chi connectivity index (χ3n) is 10.3. The quantitative estimate of drug-likeness (QED) is 0.182. The normalized spacial score (nSPS) is 15.6. The van der Waals surface area contributed by atoms with Crippen LogP contribution in [0.5, 0.6) is 11.5 Å². The maximum absolute atomic E-state index is 6.90. The number of hydrogen-bond donors (Lipinski definition) is 0. The second-order valence-electron chi connectivity index (χ2n) is 13.5. The van der Waals surface area contributed by atoms with Gasteiger partial charge in [-0.15, -0.1) is 0 Å². The zero-order valence-electron chi connectivity index (χ0n) is 28.5. The second kappa shape index (κ2) is 12.6. The van der Waals surface area contributed by atoms with E-state index in [0.717, 1.165) is 58.6 Å². The van der Waals surface area contributed by atoms with Crippen molar-refractivity contribution in [2.24, 2.45) is 0 Å². The van der Waals surface area contributed by atoms with Crippen molar-refractivity contribution in [3.8, 4) is 45.7 Å². The molecule has 1 unspecified atom stereocenters. The summed E-state index contributed by atoms with van der Waals surface area (Å²) in [6.07, 6.45) is 7.38. The molecule has 0 saturated carbocycles. The van der Waals surface area contributed by atoms with Gasteiger partial charge in [-0.2, -0.15) is 0 Å². The number of benzene rings is 6. The highest BCUT2D eigenvalue weighted by Gasteiger charge is 2.32. The summed E-state index contributed by atoms with van der Waals surface area (Å²) in [5.74, 6) is 3.90. The number of nitrogens with zero attached hydrogens (tertiary/aromatic N) is 4. The lowest BCUT2D eigenvalue weighted by Crippen LogP contribution is -2.26. The standard InChI is InChI=1S/C47H34N4O/c1-4-14-31(15-5-1)45-48-46(32-16-6-2-7-17-32)50-47(49-45)39-26-25-38(44-40(39)30-35-19-11-13-23-43(35)52-44)33-24-27-42-36(28-33)29-34-18-10-12-22-41(34)51(42)37-20-8-3-9-21-37/h1-23,25-28,33H,24,29-30H2. The van der Waals surface area contributed by atoms with Gasteiger partial charge in [0, 0.05) is 63.6 Å². The maximum Gasteiger partial charge on any atom is 0.164 e. The molecule has 0 amide bonds. The van der Waals surface area contributed by atoms with Crippen LogP contribution in [0.15, 0.2) is 175 Å². The fourth-order valence-electron chi connectivity index (χ4n) is 7.86. The summed E-state index contributed by atoms with van der Waals surface area (Å²) < 4.78 is 6.90. The van der Waals surface area contributed by atoms with Gasteiger partial charge < -0.3 is 9.64 Å². The first kappa shape index (κ1) is 30.3. The zero-order valence-corrected chi connectivity index (χ0v) is 28.5. The summed E-state index contributed by atoms with van der Waals surface area (Å²) >= 11 is 0. The van der Waals surface area contributed by atoms with Crippen LogP contribution in [0.2, 0.25) is 0 Å². The Morgan fingerprint density at radius 2 is 1.17 bits per heavy atom. The predicted molar refractivity (Wildman–Crippen MR) is 208 cm³/mol. The second-order valence-corrected chi connectivity index (χ2v) is 13.5. The smallest absolute Gasteiger partial charge is 0.164 e. The van der Waals surface area contributed by atoms with E-state index in [1.54, 1.807) is 0 Å². The van der Waals surface area contributed by atoms with E-state index < -0.39 is 0 Å². The molecule has 10 rings (SSSR count). The lowest BCUT2D eigenvalue weighted by atomic mass is 9.81. The highest BCUT2D eigenvalue weighted by atomic mass is 16.5. The highest BCUT2D eigenvalue weighted by molar-refractivity contribution is 5.79. The first-order valence-electron chi connectivity index (χ1n) is 17.9. The summed E-state index contributed by atoms with van der Waals surface area (Å²) in [7, 11) is 0. The summed E-state index contributed by atoms with van der Waals surface area (Å²) in [6.45, 7) is 0. The SMILES string of the molecule is C1=C2Cc3ccccc3N(c3ccccc3)C2=CCC1c1ccc(-c2nc(-c3ccccc3)nc(-c3ccccc3)n2)c2c1Oc1ccccc1C2. The molecule has 6 aromatic carbocycles. The molecule has 3 heterocycles. The van der Waals surface area contributed by atoms with Gasteiger partial charge in [0.05, 0.1) is 0 Å². The number of anilines is 2. The van der Waals surface area contributed by atoms with E-state index in [9.17, 15) is 0 Å². The van der Waals surface area contributed by atoms with Gasteiger partial charge in [0.2, 0.25) is 0 Å². The molecule has 1 aromatic heterocycles. The topological polar surface area (TPSA) is 51.1 Å². The van der Waals surface area contributed by atoms with E-state index in [1.807, 2.05) is 66.7 Å². The first-order valence-corrected chi connectivity index (χ1v) is 17.9. The molecule has 0 saturated heterocycles. The Morgan fingerprint density at radius 3 is 1.90 bits per heavy atom. The number of rotatable bonds is 5. The summed E-state index contributed by atoms with van der Waals surface area (Å²) in [6, 6.07) is 52.6. The van der Waals surface area contributed by atoms with E-state index in [4.69, 9.17) is 19.7 Å². The van der Waals surface area contributed by atoms with Crippen LogP contribution in [0.25, 0.3) is 34.2 Å². The van der Waals surface area contributed by atoms with Gasteiger partial charge in [-0.3, -0.25) is 0 Å². The molecule has 0 spiro atoms. The monoisotopic (exact) mass is 670 g/mol. The van der Waals surface area contributed by atoms with Gasteiger partial charge in [-0.25, -0.2) is 15.0 Å². The van der Waals surface area contributed by atoms with Gasteiger partial charge in [0.1, 0.15) is 11.5 Å². The van der Waals surface area contributed by atoms with Gasteiger partial charge in [0.15, 0.2) is 17.5 Å². The molecular weight excluding hydrogens is 637 g/mol. The van der Waals surface area contributed by atoms with Crippen LogP contribution in [0.1, 0.15) is 34.6 Å². The molecule has 0 radical (unpaired) electrons. The fraction of sp³-hybridized carbons (Fsp3) is 0.0851. The summed E-state index contributed by atoms with van der Waals surface area (Å²) in [4.78, 5) is 17.6. The van der Waals surface area contributed by atoms with Crippen molar-refractivity contribution >= 4 is 11.4 Å². The molecule has 0 bridgehead atoms. The third-order valence-corrected chi connectivity index (χ3v) is 10.3. The van der Waals surface area contributed by atoms with Gasteiger partial charge >= 0.3 is 0 Å². The van der Waals surface area contributed by atoms with Crippen LogP contribution < -0.4 is 9.64 Å². The van der Waals surface area contributed by atoms with Crippen molar-refractivity contribution in [3.63, 3.8) is 0 Å². The van der Waals surface area contributed by atoms with E-state index in [2.05, 4.69) is 102 Å². The van der Waals surface area contributed by atoms with Crippen LogP contribution in [-0.4, -0.2) is 15.0 Å². The summed E-state index contributed by atoms with van der Waals surface area (Å²) in [5, 5.41) is 0. The molecule has 5 heteroatoms. The van der Waals surface area contributed by atoms with E-state index >= 15 is 0 Å². The zero-order chi connectivity index (χ0) is 34.4. The highest BCUT2D eigenvalue weighted by Crippen LogP contribution is 2.49. The van der Waals surface area contributed by atoms with Crippen LogP contribution in [-0.2, 0) is 12.8 Å². The van der Waals surface area contributed by atoms with Gasteiger partial charge in [-0.1, -0.05) is 140 Å². The molecule has 248 valence electrons. The molecule has 5 nitrogen and oxygen atoms in total. The van der Waals surface area contributed by atoms with Crippen LogP contribution in [0, 0.1) is 0 Å². The Kier molecular flexibility index (Phi) is 7.35.